The van der Waals surface area contributed by atoms with Crippen molar-refractivity contribution in [2.45, 2.75) is 25.9 Å². The van der Waals surface area contributed by atoms with E-state index in [0.29, 0.717) is 6.42 Å². The van der Waals surface area contributed by atoms with Crippen molar-refractivity contribution in [3.8, 4) is 0 Å². The summed E-state index contributed by atoms with van der Waals surface area (Å²) in [7, 11) is 0. The molecule has 0 N–H and O–H groups in total. The van der Waals surface area contributed by atoms with Gasteiger partial charge in [-0.1, -0.05) is 79.4 Å². The average molecular weight is 302 g/mol. The minimum atomic E-state index is -1.96. The largest absolute Gasteiger partial charge is 0.300 e. The van der Waals surface area contributed by atoms with Crippen LogP contribution in [0.15, 0.2) is 60.7 Å². The van der Waals surface area contributed by atoms with Gasteiger partial charge < -0.3 is 4.79 Å². The van der Waals surface area contributed by atoms with E-state index in [0.717, 1.165) is 0 Å². The lowest BCUT2D eigenvalue weighted by atomic mass is 10.2. The summed E-state index contributed by atoms with van der Waals surface area (Å²) in [4.78, 5) is 11.5. The fourth-order valence-electron chi connectivity index (χ4n) is 2.50. The van der Waals surface area contributed by atoms with E-state index in [2.05, 4.69) is 31.2 Å². The van der Waals surface area contributed by atoms with Crippen molar-refractivity contribution in [2.75, 3.05) is 0 Å². The molecule has 20 heavy (non-hydrogen) atoms. The lowest BCUT2D eigenvalue weighted by Crippen LogP contribution is -2.25. The normalized spacial score (nSPS) is 12.9. The quantitative estimate of drug-likeness (QED) is 0.787. The highest BCUT2D eigenvalue weighted by molar-refractivity contribution is 8.22. The second-order valence-electron chi connectivity index (χ2n) is 5.08. The van der Waals surface area contributed by atoms with Crippen molar-refractivity contribution in [3.05, 3.63) is 60.7 Å². The zero-order valence-corrected chi connectivity index (χ0v) is 13.5. The number of hydrogen-bond donors (Lipinski definition) is 0. The Balaban J connectivity index is 2.55. The highest BCUT2D eigenvalue weighted by atomic mass is 32.4. The second kappa shape index (κ2) is 6.47. The highest BCUT2D eigenvalue weighted by Gasteiger charge is 2.29. The molecule has 2 rings (SSSR count). The van der Waals surface area contributed by atoms with Crippen LogP contribution in [0.3, 0.4) is 0 Å². The molecule has 1 nitrogen and oxygen atoms in total. The third kappa shape index (κ3) is 3.08. The molecule has 0 spiro atoms. The Morgan fingerprint density at radius 2 is 1.40 bits per heavy atom. The standard InChI is InChI=1S/C17H19OPS/c1-14(18)13-15(2)19(20,16-9-5-3-6-10-16)17-11-7-4-8-12-17/h3-12,15H,13H2,1-2H3. The Morgan fingerprint density at radius 1 is 1.00 bits per heavy atom. The van der Waals surface area contributed by atoms with E-state index >= 15 is 0 Å². The molecule has 3 heteroatoms. The molecule has 0 aliphatic rings. The van der Waals surface area contributed by atoms with Gasteiger partial charge in [-0.25, -0.2) is 0 Å². The number of Topliss-reactive ketones (excluding diaryl/α,β-unsaturated/α-hetero) is 1. The van der Waals surface area contributed by atoms with E-state index < -0.39 is 6.04 Å². The molecule has 0 aliphatic heterocycles. The molecule has 1 unspecified atom stereocenters. The van der Waals surface area contributed by atoms with Crippen LogP contribution in [0.1, 0.15) is 20.3 Å². The van der Waals surface area contributed by atoms with Crippen molar-refractivity contribution < 1.29 is 4.79 Å². The molecule has 0 saturated heterocycles. The maximum Gasteiger partial charge on any atom is 0.130 e. The van der Waals surface area contributed by atoms with Gasteiger partial charge in [0.05, 0.1) is 0 Å². The molecule has 0 heterocycles. The number of benzene rings is 2. The van der Waals surface area contributed by atoms with Gasteiger partial charge in [0.25, 0.3) is 0 Å². The molecule has 0 aromatic heterocycles. The second-order valence-corrected chi connectivity index (χ2v) is 10.0. The van der Waals surface area contributed by atoms with Gasteiger partial charge in [-0.2, -0.15) is 0 Å². The first-order valence-electron chi connectivity index (χ1n) is 6.75. The van der Waals surface area contributed by atoms with Gasteiger partial charge in [-0.05, 0) is 23.2 Å². The van der Waals surface area contributed by atoms with Crippen molar-refractivity contribution >= 4 is 34.2 Å². The van der Waals surface area contributed by atoms with E-state index in [1.54, 1.807) is 6.92 Å². The summed E-state index contributed by atoms with van der Waals surface area (Å²) in [5.74, 6) is 0.207. The van der Waals surface area contributed by atoms with Crippen LogP contribution < -0.4 is 10.6 Å². The number of ketones is 1. The molecule has 0 fully saturated rings. The van der Waals surface area contributed by atoms with Crippen LogP contribution in [-0.2, 0) is 16.6 Å². The maximum absolute atomic E-state index is 11.5. The first-order chi connectivity index (χ1) is 9.55. The SMILES string of the molecule is CC(=O)CC(C)P(=S)(c1ccccc1)c1ccccc1. The van der Waals surface area contributed by atoms with E-state index in [1.165, 1.54) is 10.6 Å². The summed E-state index contributed by atoms with van der Waals surface area (Å²) >= 11 is 6.13. The van der Waals surface area contributed by atoms with Crippen LogP contribution >= 0.6 is 6.04 Å². The predicted octanol–water partition coefficient (Wildman–Crippen LogP) is 3.48. The van der Waals surface area contributed by atoms with E-state index in [1.807, 2.05) is 36.4 Å². The van der Waals surface area contributed by atoms with Gasteiger partial charge in [0, 0.05) is 12.5 Å². The molecule has 2 aromatic rings. The third-order valence-electron chi connectivity index (χ3n) is 3.48. The van der Waals surface area contributed by atoms with Crippen LogP contribution in [0.5, 0.6) is 0 Å². The Labute approximate surface area is 126 Å². The first-order valence-corrected chi connectivity index (χ1v) is 9.62. The fraction of sp³-hybridized carbons (Fsp3) is 0.235. The number of rotatable bonds is 5. The van der Waals surface area contributed by atoms with Gasteiger partial charge >= 0.3 is 0 Å². The molecule has 0 saturated carbocycles. The monoisotopic (exact) mass is 302 g/mol. The molecule has 2 aromatic carbocycles. The summed E-state index contributed by atoms with van der Waals surface area (Å²) in [6, 6.07) is 18.6. The molecular formula is C17H19OPS. The zero-order valence-electron chi connectivity index (χ0n) is 11.8. The number of carbonyl (C=O) groups is 1. The van der Waals surface area contributed by atoms with Gasteiger partial charge in [0.2, 0.25) is 0 Å². The predicted molar refractivity (Wildman–Crippen MR) is 91.2 cm³/mol. The minimum Gasteiger partial charge on any atom is -0.300 e. The number of carbonyl (C=O) groups excluding carboxylic acids is 1. The minimum absolute atomic E-state index is 0.180. The summed E-state index contributed by atoms with van der Waals surface area (Å²) in [5, 5.41) is 2.38. The van der Waals surface area contributed by atoms with Gasteiger partial charge in [-0.3, -0.25) is 0 Å². The topological polar surface area (TPSA) is 17.1 Å². The van der Waals surface area contributed by atoms with Crippen LogP contribution in [0.2, 0.25) is 0 Å². The smallest absolute Gasteiger partial charge is 0.130 e. The maximum atomic E-state index is 11.5. The van der Waals surface area contributed by atoms with Gasteiger partial charge in [0.1, 0.15) is 5.78 Å². The van der Waals surface area contributed by atoms with Gasteiger partial charge in [0.15, 0.2) is 0 Å². The summed E-state index contributed by atoms with van der Waals surface area (Å²) in [6.07, 6.45) is 0.543. The van der Waals surface area contributed by atoms with E-state index in [4.69, 9.17) is 11.8 Å². The fourth-order valence-corrected chi connectivity index (χ4v) is 6.52. The zero-order chi connectivity index (χ0) is 14.6. The lowest BCUT2D eigenvalue weighted by molar-refractivity contribution is -0.116. The van der Waals surface area contributed by atoms with E-state index in [9.17, 15) is 4.79 Å². The van der Waals surface area contributed by atoms with Gasteiger partial charge in [-0.15, -0.1) is 0 Å². The summed E-state index contributed by atoms with van der Waals surface area (Å²) in [6.45, 7) is 3.76. The Kier molecular flexibility index (Phi) is 4.91. The van der Waals surface area contributed by atoms with Crippen molar-refractivity contribution in [1.29, 1.82) is 0 Å². The summed E-state index contributed by atoms with van der Waals surface area (Å²) < 4.78 is 0. The van der Waals surface area contributed by atoms with Crippen molar-refractivity contribution in [2.24, 2.45) is 0 Å². The van der Waals surface area contributed by atoms with Crippen molar-refractivity contribution in [3.63, 3.8) is 0 Å². The molecule has 1 atom stereocenters. The molecule has 104 valence electrons. The molecule has 0 bridgehead atoms. The molecule has 0 amide bonds. The Hall–Kier alpha value is -1.24. The van der Waals surface area contributed by atoms with Crippen LogP contribution in [-0.4, -0.2) is 11.4 Å². The Morgan fingerprint density at radius 3 is 1.75 bits per heavy atom. The lowest BCUT2D eigenvalue weighted by Gasteiger charge is -2.29. The average Bonchev–Trinajstić information content (AvgIpc) is 2.47. The highest BCUT2D eigenvalue weighted by Crippen LogP contribution is 2.50. The molecular weight excluding hydrogens is 283 g/mol. The van der Waals surface area contributed by atoms with Crippen LogP contribution in [0, 0.1) is 0 Å². The first kappa shape index (κ1) is 15.2. The summed E-state index contributed by atoms with van der Waals surface area (Å²) in [5.41, 5.74) is 0.180. The Bertz CT molecular complexity index is 578. The van der Waals surface area contributed by atoms with E-state index in [-0.39, 0.29) is 11.4 Å². The number of hydrogen-bond acceptors (Lipinski definition) is 2. The molecule has 0 aliphatic carbocycles. The van der Waals surface area contributed by atoms with Crippen LogP contribution in [0.25, 0.3) is 0 Å². The van der Waals surface area contributed by atoms with Crippen molar-refractivity contribution in [1.82, 2.24) is 0 Å². The molecule has 0 radical (unpaired) electrons. The van der Waals surface area contributed by atoms with Crippen LogP contribution in [0.4, 0.5) is 0 Å². The third-order valence-corrected chi connectivity index (χ3v) is 9.38.